The number of hydrogen-bond donors (Lipinski definition) is 1. The highest BCUT2D eigenvalue weighted by Gasteiger charge is 2.27. The van der Waals surface area contributed by atoms with E-state index in [1.165, 1.54) is 19.3 Å². The number of amides is 1. The van der Waals surface area contributed by atoms with Crippen LogP contribution in [0, 0.1) is 5.92 Å². The van der Waals surface area contributed by atoms with Gasteiger partial charge in [-0.1, -0.05) is 13.3 Å². The monoisotopic (exact) mass is 240 g/mol. The Balaban J connectivity index is 1.72. The molecule has 4 nitrogen and oxygen atoms in total. The van der Waals surface area contributed by atoms with E-state index in [9.17, 15) is 4.79 Å². The van der Waals surface area contributed by atoms with Crippen LogP contribution in [0.3, 0.4) is 0 Å². The van der Waals surface area contributed by atoms with Crippen molar-refractivity contribution in [2.24, 2.45) is 5.92 Å². The van der Waals surface area contributed by atoms with E-state index >= 15 is 0 Å². The van der Waals surface area contributed by atoms with Crippen LogP contribution in [0.5, 0.6) is 0 Å². The van der Waals surface area contributed by atoms with E-state index in [0.717, 1.165) is 38.7 Å². The number of morpholine rings is 1. The topological polar surface area (TPSA) is 41.6 Å². The summed E-state index contributed by atoms with van der Waals surface area (Å²) in [5.74, 6) is 1.01. The molecule has 2 rings (SSSR count). The van der Waals surface area contributed by atoms with Gasteiger partial charge in [0.2, 0.25) is 5.91 Å². The molecule has 0 radical (unpaired) electrons. The molecule has 0 spiro atoms. The van der Waals surface area contributed by atoms with Gasteiger partial charge in [-0.05, 0) is 18.8 Å². The van der Waals surface area contributed by atoms with E-state index in [1.807, 2.05) is 4.90 Å². The first-order valence-corrected chi connectivity index (χ1v) is 6.89. The molecule has 0 aromatic heterocycles. The number of rotatable bonds is 4. The third-order valence-corrected chi connectivity index (χ3v) is 3.74. The van der Waals surface area contributed by atoms with Crippen LogP contribution in [0.2, 0.25) is 0 Å². The van der Waals surface area contributed by atoms with Crippen molar-refractivity contribution in [2.45, 2.75) is 38.7 Å². The van der Waals surface area contributed by atoms with Gasteiger partial charge in [0.25, 0.3) is 0 Å². The van der Waals surface area contributed by atoms with Crippen molar-refractivity contribution in [1.82, 2.24) is 10.2 Å². The molecule has 2 saturated heterocycles. The highest BCUT2D eigenvalue weighted by molar-refractivity contribution is 5.77. The zero-order valence-corrected chi connectivity index (χ0v) is 10.8. The van der Waals surface area contributed by atoms with E-state index in [-0.39, 0.29) is 12.0 Å². The fourth-order valence-electron chi connectivity index (χ4n) is 2.78. The lowest BCUT2D eigenvalue weighted by atomic mass is 10.0. The third kappa shape index (κ3) is 3.68. The summed E-state index contributed by atoms with van der Waals surface area (Å²) in [4.78, 5) is 14.1. The zero-order chi connectivity index (χ0) is 12.1. The lowest BCUT2D eigenvalue weighted by molar-refractivity contribution is -0.133. The highest BCUT2D eigenvalue weighted by Crippen LogP contribution is 2.21. The molecule has 2 unspecified atom stereocenters. The summed E-state index contributed by atoms with van der Waals surface area (Å²) in [7, 11) is 0. The molecule has 2 aliphatic rings. The molecule has 2 fully saturated rings. The fourth-order valence-corrected chi connectivity index (χ4v) is 2.78. The van der Waals surface area contributed by atoms with Crippen molar-refractivity contribution >= 4 is 5.91 Å². The molecule has 0 aliphatic carbocycles. The normalized spacial score (nSPS) is 29.6. The molecule has 1 N–H and O–H groups in total. The third-order valence-electron chi connectivity index (χ3n) is 3.74. The number of carbonyl (C=O) groups is 1. The molecule has 17 heavy (non-hydrogen) atoms. The molecule has 2 aliphatic heterocycles. The Morgan fingerprint density at radius 2 is 2.41 bits per heavy atom. The van der Waals surface area contributed by atoms with Crippen molar-refractivity contribution in [3.63, 3.8) is 0 Å². The summed E-state index contributed by atoms with van der Waals surface area (Å²) >= 11 is 0. The van der Waals surface area contributed by atoms with E-state index in [2.05, 4.69) is 12.2 Å². The second-order valence-corrected chi connectivity index (χ2v) is 5.18. The van der Waals surface area contributed by atoms with Crippen LogP contribution in [0.25, 0.3) is 0 Å². The van der Waals surface area contributed by atoms with E-state index in [1.54, 1.807) is 0 Å². The minimum atomic E-state index is 0.0847. The fraction of sp³-hybridized carbons (Fsp3) is 0.923. The van der Waals surface area contributed by atoms with Crippen LogP contribution in [0.15, 0.2) is 0 Å². The summed E-state index contributed by atoms with van der Waals surface area (Å²) in [6.45, 7) is 6.59. The Morgan fingerprint density at radius 3 is 3.12 bits per heavy atom. The average molecular weight is 240 g/mol. The summed E-state index contributed by atoms with van der Waals surface area (Å²) < 4.78 is 5.57. The Labute approximate surface area is 104 Å². The molecular weight excluding hydrogens is 216 g/mol. The van der Waals surface area contributed by atoms with Crippen molar-refractivity contribution in [1.29, 1.82) is 0 Å². The maximum atomic E-state index is 12.1. The first-order chi connectivity index (χ1) is 8.29. The molecule has 0 aromatic carbocycles. The molecule has 4 heteroatoms. The van der Waals surface area contributed by atoms with Gasteiger partial charge in [0.15, 0.2) is 0 Å². The minimum absolute atomic E-state index is 0.0847. The van der Waals surface area contributed by atoms with Crippen LogP contribution < -0.4 is 5.32 Å². The van der Waals surface area contributed by atoms with Gasteiger partial charge in [-0.25, -0.2) is 0 Å². The number of carbonyl (C=O) groups excluding carboxylic acids is 1. The maximum absolute atomic E-state index is 12.1. The summed E-state index contributed by atoms with van der Waals surface area (Å²) in [6, 6.07) is 0. The van der Waals surface area contributed by atoms with Crippen LogP contribution >= 0.6 is 0 Å². The van der Waals surface area contributed by atoms with Crippen molar-refractivity contribution in [3.05, 3.63) is 0 Å². The molecule has 0 aromatic rings. The number of nitrogens with zero attached hydrogens (tertiary/aromatic N) is 1. The molecule has 1 amide bonds. The van der Waals surface area contributed by atoms with Crippen LogP contribution in [-0.2, 0) is 9.53 Å². The van der Waals surface area contributed by atoms with Gasteiger partial charge in [-0.2, -0.15) is 0 Å². The Hall–Kier alpha value is -0.610. The van der Waals surface area contributed by atoms with Gasteiger partial charge < -0.3 is 15.0 Å². The molecule has 2 heterocycles. The second-order valence-electron chi connectivity index (χ2n) is 5.18. The number of likely N-dealkylation sites (tertiary alicyclic amines) is 1. The van der Waals surface area contributed by atoms with Gasteiger partial charge in [0.1, 0.15) is 0 Å². The smallest absolute Gasteiger partial charge is 0.225 e. The first-order valence-electron chi connectivity index (χ1n) is 6.89. The Bertz CT molecular complexity index is 252. The SMILES string of the molecule is CCCC1CCN(C(=O)CC2CNCCO2)C1. The van der Waals surface area contributed by atoms with Crippen molar-refractivity contribution in [3.8, 4) is 0 Å². The standard InChI is InChI=1S/C13H24N2O2/c1-2-3-11-4-6-15(10-11)13(16)8-12-9-14-5-7-17-12/h11-12,14H,2-10H2,1H3. The lowest BCUT2D eigenvalue weighted by Gasteiger charge is -2.25. The molecule has 0 bridgehead atoms. The molecule has 98 valence electrons. The number of hydrogen-bond acceptors (Lipinski definition) is 3. The summed E-state index contributed by atoms with van der Waals surface area (Å²) in [5.41, 5.74) is 0. The molecular formula is C13H24N2O2. The predicted molar refractivity (Wildman–Crippen MR) is 66.8 cm³/mol. The summed E-state index contributed by atoms with van der Waals surface area (Å²) in [5, 5.41) is 3.26. The van der Waals surface area contributed by atoms with Gasteiger partial charge in [0.05, 0.1) is 19.1 Å². The average Bonchev–Trinajstić information content (AvgIpc) is 2.79. The van der Waals surface area contributed by atoms with Crippen molar-refractivity contribution < 1.29 is 9.53 Å². The van der Waals surface area contributed by atoms with Gasteiger partial charge in [-0.3, -0.25) is 4.79 Å². The minimum Gasteiger partial charge on any atom is -0.375 e. The van der Waals surface area contributed by atoms with Gasteiger partial charge >= 0.3 is 0 Å². The van der Waals surface area contributed by atoms with Gasteiger partial charge in [-0.15, -0.1) is 0 Å². The van der Waals surface area contributed by atoms with E-state index in [4.69, 9.17) is 4.74 Å². The number of nitrogens with one attached hydrogen (secondary N) is 1. The van der Waals surface area contributed by atoms with Crippen molar-refractivity contribution in [2.75, 3.05) is 32.8 Å². The highest BCUT2D eigenvalue weighted by atomic mass is 16.5. The van der Waals surface area contributed by atoms with Gasteiger partial charge in [0, 0.05) is 26.2 Å². The Morgan fingerprint density at radius 1 is 1.53 bits per heavy atom. The maximum Gasteiger partial charge on any atom is 0.225 e. The Kier molecular flexibility index (Phi) is 4.80. The lowest BCUT2D eigenvalue weighted by Crippen LogP contribution is -2.42. The second kappa shape index (κ2) is 6.36. The molecule has 2 atom stereocenters. The molecule has 0 saturated carbocycles. The zero-order valence-electron chi connectivity index (χ0n) is 10.8. The summed E-state index contributed by atoms with van der Waals surface area (Å²) in [6.07, 6.45) is 4.30. The van der Waals surface area contributed by atoms with Crippen LogP contribution in [0.1, 0.15) is 32.6 Å². The number of ether oxygens (including phenoxy) is 1. The largest absolute Gasteiger partial charge is 0.375 e. The quantitative estimate of drug-likeness (QED) is 0.797. The van der Waals surface area contributed by atoms with E-state index in [0.29, 0.717) is 6.42 Å². The van der Waals surface area contributed by atoms with Crippen LogP contribution in [0.4, 0.5) is 0 Å². The first kappa shape index (κ1) is 12.8. The van der Waals surface area contributed by atoms with Crippen LogP contribution in [-0.4, -0.2) is 49.7 Å². The van der Waals surface area contributed by atoms with E-state index < -0.39 is 0 Å². The predicted octanol–water partition coefficient (Wildman–Crippen LogP) is 1.01.